The van der Waals surface area contributed by atoms with Crippen LogP contribution in [0.2, 0.25) is 0 Å². The molecule has 1 N–H and O–H groups in total. The molecule has 18 heavy (non-hydrogen) atoms. The lowest BCUT2D eigenvalue weighted by Crippen LogP contribution is -2.43. The highest BCUT2D eigenvalue weighted by molar-refractivity contribution is 7.99. The van der Waals surface area contributed by atoms with Crippen molar-refractivity contribution in [2.24, 2.45) is 0 Å². The molecule has 0 radical (unpaired) electrons. The van der Waals surface area contributed by atoms with E-state index in [1.54, 1.807) is 6.92 Å². The average Bonchev–Trinajstić information content (AvgIpc) is 2.55. The van der Waals surface area contributed by atoms with E-state index < -0.39 is 0 Å². The van der Waals surface area contributed by atoms with Gasteiger partial charge in [-0.2, -0.15) is 11.8 Å². The number of amides is 1. The van der Waals surface area contributed by atoms with E-state index >= 15 is 0 Å². The molecule has 1 aliphatic heterocycles. The van der Waals surface area contributed by atoms with Gasteiger partial charge < -0.3 is 5.32 Å². The van der Waals surface area contributed by atoms with Crippen LogP contribution in [0.15, 0.2) is 30.3 Å². The van der Waals surface area contributed by atoms with Crippen molar-refractivity contribution in [3.05, 3.63) is 35.9 Å². The minimum absolute atomic E-state index is 0.0714. The van der Waals surface area contributed by atoms with Crippen molar-refractivity contribution < 1.29 is 4.79 Å². The van der Waals surface area contributed by atoms with E-state index in [0.717, 1.165) is 31.1 Å². The third-order valence-electron chi connectivity index (χ3n) is 3.01. The zero-order valence-electron chi connectivity index (χ0n) is 10.8. The molecule has 0 aromatic heterocycles. The third kappa shape index (κ3) is 4.35. The van der Waals surface area contributed by atoms with E-state index in [1.807, 2.05) is 17.8 Å². The predicted octanol–water partition coefficient (Wildman–Crippen LogP) is 1.74. The van der Waals surface area contributed by atoms with Gasteiger partial charge in [-0.05, 0) is 5.56 Å². The number of nitrogens with one attached hydrogen (secondary N) is 1. The van der Waals surface area contributed by atoms with Crippen LogP contribution in [0.25, 0.3) is 0 Å². The third-order valence-corrected chi connectivity index (χ3v) is 4.12. The average molecular weight is 264 g/mol. The summed E-state index contributed by atoms with van der Waals surface area (Å²) < 4.78 is 0. The first kappa shape index (κ1) is 13.4. The topological polar surface area (TPSA) is 32.3 Å². The molecule has 1 atom stereocenters. The van der Waals surface area contributed by atoms with Crippen LogP contribution >= 0.6 is 11.8 Å². The van der Waals surface area contributed by atoms with Gasteiger partial charge >= 0.3 is 0 Å². The number of rotatable bonds is 3. The van der Waals surface area contributed by atoms with E-state index in [2.05, 4.69) is 34.5 Å². The summed E-state index contributed by atoms with van der Waals surface area (Å²) in [5.74, 6) is 2.23. The van der Waals surface area contributed by atoms with Crippen LogP contribution in [-0.4, -0.2) is 41.4 Å². The maximum atomic E-state index is 11.2. The second kappa shape index (κ2) is 6.81. The second-order valence-electron chi connectivity index (χ2n) is 4.69. The number of hydrogen-bond donors (Lipinski definition) is 1. The van der Waals surface area contributed by atoms with E-state index in [1.165, 1.54) is 5.56 Å². The molecule has 1 heterocycles. The maximum Gasteiger partial charge on any atom is 0.217 e. The molecule has 2 rings (SSSR count). The van der Waals surface area contributed by atoms with Crippen LogP contribution < -0.4 is 5.32 Å². The fourth-order valence-electron chi connectivity index (χ4n) is 2.23. The maximum absolute atomic E-state index is 11.2. The van der Waals surface area contributed by atoms with Gasteiger partial charge in [-0.25, -0.2) is 0 Å². The van der Waals surface area contributed by atoms with Crippen LogP contribution in [0.5, 0.6) is 0 Å². The quantitative estimate of drug-likeness (QED) is 0.902. The van der Waals surface area contributed by atoms with Crippen molar-refractivity contribution in [3.63, 3.8) is 0 Å². The van der Waals surface area contributed by atoms with Crippen LogP contribution in [0.3, 0.4) is 0 Å². The number of carbonyl (C=O) groups excluding carboxylic acids is 1. The van der Waals surface area contributed by atoms with Crippen molar-refractivity contribution in [2.75, 3.05) is 24.6 Å². The molecule has 1 aromatic rings. The first-order valence-electron chi connectivity index (χ1n) is 6.35. The molecule has 0 bridgehead atoms. The molecule has 4 heteroatoms. The number of thioether (sulfide) groups is 1. The summed E-state index contributed by atoms with van der Waals surface area (Å²) in [6.45, 7) is 4.60. The Balaban J connectivity index is 1.92. The Morgan fingerprint density at radius 1 is 1.44 bits per heavy atom. The zero-order chi connectivity index (χ0) is 12.8. The first-order valence-corrected chi connectivity index (χ1v) is 7.50. The monoisotopic (exact) mass is 264 g/mol. The highest BCUT2D eigenvalue weighted by Crippen LogP contribution is 2.13. The zero-order valence-corrected chi connectivity index (χ0v) is 11.6. The Morgan fingerprint density at radius 2 is 2.22 bits per heavy atom. The van der Waals surface area contributed by atoms with Crippen molar-refractivity contribution in [1.82, 2.24) is 10.2 Å². The standard InChI is InChI=1S/C14H20N2OS/c1-12(17)15-14-10-16(7-8-18-11-14)9-13-5-3-2-4-6-13/h2-6,14H,7-11H2,1H3,(H,15,17). The Kier molecular flexibility index (Phi) is 5.08. The Morgan fingerprint density at radius 3 is 2.94 bits per heavy atom. The van der Waals surface area contributed by atoms with E-state index in [-0.39, 0.29) is 11.9 Å². The van der Waals surface area contributed by atoms with E-state index in [9.17, 15) is 4.79 Å². The second-order valence-corrected chi connectivity index (χ2v) is 5.84. The summed E-state index contributed by atoms with van der Waals surface area (Å²) in [7, 11) is 0. The summed E-state index contributed by atoms with van der Waals surface area (Å²) in [6.07, 6.45) is 0. The van der Waals surface area contributed by atoms with Crippen molar-refractivity contribution >= 4 is 17.7 Å². The van der Waals surface area contributed by atoms with Gasteiger partial charge in [0.05, 0.1) is 6.04 Å². The van der Waals surface area contributed by atoms with E-state index in [0.29, 0.717) is 0 Å². The lowest BCUT2D eigenvalue weighted by molar-refractivity contribution is -0.119. The Hall–Kier alpha value is -1.00. The number of hydrogen-bond acceptors (Lipinski definition) is 3. The first-order chi connectivity index (χ1) is 8.74. The highest BCUT2D eigenvalue weighted by Gasteiger charge is 2.18. The number of nitrogens with zero attached hydrogens (tertiary/aromatic N) is 1. The fourth-order valence-corrected chi connectivity index (χ4v) is 3.26. The molecular formula is C14H20N2OS. The molecule has 1 aromatic carbocycles. The van der Waals surface area contributed by atoms with Crippen LogP contribution in [0.1, 0.15) is 12.5 Å². The summed E-state index contributed by atoms with van der Waals surface area (Å²) in [5, 5.41) is 3.04. The Bertz CT molecular complexity index is 383. The van der Waals surface area contributed by atoms with Crippen molar-refractivity contribution in [3.8, 4) is 0 Å². The number of benzene rings is 1. The summed E-state index contributed by atoms with van der Waals surface area (Å²) >= 11 is 1.92. The molecule has 1 fully saturated rings. The van der Waals surface area contributed by atoms with Crippen LogP contribution in [0, 0.1) is 0 Å². The van der Waals surface area contributed by atoms with Gasteiger partial charge in [0, 0.05) is 38.1 Å². The van der Waals surface area contributed by atoms with Gasteiger partial charge in [0.25, 0.3) is 0 Å². The van der Waals surface area contributed by atoms with Gasteiger partial charge in [0.1, 0.15) is 0 Å². The molecule has 1 saturated heterocycles. The largest absolute Gasteiger partial charge is 0.351 e. The normalized spacial score (nSPS) is 21.3. The van der Waals surface area contributed by atoms with E-state index in [4.69, 9.17) is 0 Å². The number of carbonyl (C=O) groups is 1. The van der Waals surface area contributed by atoms with Gasteiger partial charge in [-0.1, -0.05) is 30.3 Å². The summed E-state index contributed by atoms with van der Waals surface area (Å²) in [5.41, 5.74) is 1.34. The van der Waals surface area contributed by atoms with Gasteiger partial charge in [0.2, 0.25) is 5.91 Å². The molecule has 0 spiro atoms. The SMILES string of the molecule is CC(=O)NC1CSCCN(Cc2ccccc2)C1. The highest BCUT2D eigenvalue weighted by atomic mass is 32.2. The molecular weight excluding hydrogens is 244 g/mol. The molecule has 1 aliphatic rings. The van der Waals surface area contributed by atoms with Crippen molar-refractivity contribution in [2.45, 2.75) is 19.5 Å². The smallest absolute Gasteiger partial charge is 0.217 e. The molecule has 1 amide bonds. The molecule has 1 unspecified atom stereocenters. The lowest BCUT2D eigenvalue weighted by Gasteiger charge is -2.24. The molecule has 0 saturated carbocycles. The fraction of sp³-hybridized carbons (Fsp3) is 0.500. The lowest BCUT2D eigenvalue weighted by atomic mass is 10.2. The minimum Gasteiger partial charge on any atom is -0.351 e. The van der Waals surface area contributed by atoms with Crippen LogP contribution in [0.4, 0.5) is 0 Å². The van der Waals surface area contributed by atoms with Gasteiger partial charge in [-0.3, -0.25) is 9.69 Å². The summed E-state index contributed by atoms with van der Waals surface area (Å²) in [4.78, 5) is 13.6. The Labute approximate surface area is 113 Å². The molecule has 3 nitrogen and oxygen atoms in total. The van der Waals surface area contributed by atoms with Gasteiger partial charge in [-0.15, -0.1) is 0 Å². The van der Waals surface area contributed by atoms with Crippen LogP contribution in [-0.2, 0) is 11.3 Å². The molecule has 98 valence electrons. The summed E-state index contributed by atoms with van der Waals surface area (Å²) in [6, 6.07) is 10.8. The minimum atomic E-state index is 0.0714. The molecule has 0 aliphatic carbocycles. The van der Waals surface area contributed by atoms with Gasteiger partial charge in [0.15, 0.2) is 0 Å². The predicted molar refractivity (Wildman–Crippen MR) is 76.6 cm³/mol. The van der Waals surface area contributed by atoms with Crippen molar-refractivity contribution in [1.29, 1.82) is 0 Å².